The van der Waals surface area contributed by atoms with Crippen LogP contribution in [0.2, 0.25) is 0 Å². The lowest BCUT2D eigenvalue weighted by molar-refractivity contribution is -0.145. The predicted molar refractivity (Wildman–Crippen MR) is 67.8 cm³/mol. The van der Waals surface area contributed by atoms with Crippen LogP contribution in [0.25, 0.3) is 0 Å². The van der Waals surface area contributed by atoms with Crippen LogP contribution in [0.3, 0.4) is 0 Å². The number of carboxylic acids is 1. The van der Waals surface area contributed by atoms with Gasteiger partial charge in [0.2, 0.25) is 5.91 Å². The molecule has 1 fully saturated rings. The van der Waals surface area contributed by atoms with Crippen molar-refractivity contribution >= 4 is 17.8 Å². The Morgan fingerprint density at radius 1 is 1.45 bits per heavy atom. The molecule has 3 atom stereocenters. The minimum Gasteiger partial charge on any atom is -0.480 e. The highest BCUT2D eigenvalue weighted by molar-refractivity contribution is 5.86. The van der Waals surface area contributed by atoms with E-state index in [1.165, 1.54) is 7.11 Å². The first-order valence-electron chi connectivity index (χ1n) is 6.43. The van der Waals surface area contributed by atoms with E-state index in [1.807, 2.05) is 0 Å². The van der Waals surface area contributed by atoms with Crippen molar-refractivity contribution < 1.29 is 29.0 Å². The molecule has 8 nitrogen and oxygen atoms in total. The normalized spacial score (nSPS) is 23.1. The maximum atomic E-state index is 11.9. The van der Waals surface area contributed by atoms with Gasteiger partial charge in [-0.3, -0.25) is 9.59 Å². The fraction of sp³-hybridized carbons (Fsp3) is 0.750. The van der Waals surface area contributed by atoms with Gasteiger partial charge in [0, 0.05) is 13.0 Å². The van der Waals surface area contributed by atoms with Crippen molar-refractivity contribution in [2.24, 2.45) is 5.73 Å². The van der Waals surface area contributed by atoms with Gasteiger partial charge in [0.05, 0.1) is 13.2 Å². The number of nitrogens with two attached hydrogens (primary N) is 1. The quantitative estimate of drug-likeness (QED) is 0.513. The number of rotatable bonds is 7. The van der Waals surface area contributed by atoms with Crippen LogP contribution in [-0.2, 0) is 23.9 Å². The Kier molecular flexibility index (Phi) is 6.40. The van der Waals surface area contributed by atoms with E-state index in [-0.39, 0.29) is 18.9 Å². The first-order chi connectivity index (χ1) is 9.47. The van der Waals surface area contributed by atoms with Gasteiger partial charge in [-0.15, -0.1) is 0 Å². The van der Waals surface area contributed by atoms with Gasteiger partial charge < -0.3 is 25.6 Å². The summed E-state index contributed by atoms with van der Waals surface area (Å²) in [7, 11) is 1.22. The molecule has 0 bridgehead atoms. The van der Waals surface area contributed by atoms with Crippen LogP contribution >= 0.6 is 0 Å². The lowest BCUT2D eigenvalue weighted by Crippen LogP contribution is -2.45. The second-order valence-electron chi connectivity index (χ2n) is 4.57. The highest BCUT2D eigenvalue weighted by atomic mass is 16.5. The molecule has 20 heavy (non-hydrogen) atoms. The van der Waals surface area contributed by atoms with Gasteiger partial charge in [0.15, 0.2) is 0 Å². The van der Waals surface area contributed by atoms with Crippen LogP contribution < -0.4 is 11.1 Å². The third-order valence-electron chi connectivity index (χ3n) is 3.14. The van der Waals surface area contributed by atoms with Crippen molar-refractivity contribution in [3.63, 3.8) is 0 Å². The number of esters is 1. The van der Waals surface area contributed by atoms with Crippen molar-refractivity contribution in [2.75, 3.05) is 13.7 Å². The van der Waals surface area contributed by atoms with E-state index >= 15 is 0 Å². The molecule has 0 saturated carbocycles. The van der Waals surface area contributed by atoms with Gasteiger partial charge in [-0.1, -0.05) is 0 Å². The fourth-order valence-corrected chi connectivity index (χ4v) is 1.96. The number of carbonyl (C=O) groups is 3. The van der Waals surface area contributed by atoms with Crippen LogP contribution in [0.5, 0.6) is 0 Å². The van der Waals surface area contributed by atoms with Crippen molar-refractivity contribution in [3.8, 4) is 0 Å². The van der Waals surface area contributed by atoms with Gasteiger partial charge in [0.1, 0.15) is 12.1 Å². The van der Waals surface area contributed by atoms with Crippen molar-refractivity contribution in [3.05, 3.63) is 0 Å². The first kappa shape index (κ1) is 16.4. The van der Waals surface area contributed by atoms with Crippen LogP contribution in [0, 0.1) is 0 Å². The highest BCUT2D eigenvalue weighted by Gasteiger charge is 2.32. The minimum absolute atomic E-state index is 0.0270. The average molecular weight is 288 g/mol. The second-order valence-corrected chi connectivity index (χ2v) is 4.57. The summed E-state index contributed by atoms with van der Waals surface area (Å²) in [4.78, 5) is 33.9. The molecule has 8 heteroatoms. The van der Waals surface area contributed by atoms with Crippen molar-refractivity contribution in [1.29, 1.82) is 0 Å². The van der Waals surface area contributed by atoms with E-state index in [0.717, 1.165) is 0 Å². The zero-order valence-electron chi connectivity index (χ0n) is 11.3. The summed E-state index contributed by atoms with van der Waals surface area (Å²) in [6, 6.07) is -1.14. The Balaban J connectivity index is 2.47. The van der Waals surface area contributed by atoms with Gasteiger partial charge >= 0.3 is 11.9 Å². The molecule has 1 aliphatic heterocycles. The standard InChI is InChI=1S/C12H20N2O6/c1-19-10(15)5-3-8(12(17)18)14-11(16)9-4-2-7(6-13)20-9/h7-9H,2-6,13H2,1H3,(H,14,16)(H,17,18)/t7?,8-,9?/m1/s1. The van der Waals surface area contributed by atoms with Crippen LogP contribution in [-0.4, -0.2) is 54.9 Å². The summed E-state index contributed by atoms with van der Waals surface area (Å²) >= 11 is 0. The largest absolute Gasteiger partial charge is 0.480 e. The molecule has 0 radical (unpaired) electrons. The number of nitrogens with one attached hydrogen (secondary N) is 1. The number of aliphatic carboxylic acids is 1. The third-order valence-corrected chi connectivity index (χ3v) is 3.14. The Morgan fingerprint density at radius 2 is 2.15 bits per heavy atom. The summed E-state index contributed by atoms with van der Waals surface area (Å²) in [6.07, 6.45) is 0.240. The molecule has 1 amide bonds. The van der Waals surface area contributed by atoms with Gasteiger partial charge in [0.25, 0.3) is 0 Å². The van der Waals surface area contributed by atoms with E-state index in [4.69, 9.17) is 15.6 Å². The van der Waals surface area contributed by atoms with E-state index in [2.05, 4.69) is 10.1 Å². The second kappa shape index (κ2) is 7.81. The molecule has 0 spiro atoms. The zero-order chi connectivity index (χ0) is 15.1. The number of hydrogen-bond donors (Lipinski definition) is 3. The van der Waals surface area contributed by atoms with Crippen molar-refractivity contribution in [2.45, 2.75) is 43.9 Å². The lowest BCUT2D eigenvalue weighted by Gasteiger charge is -2.17. The highest BCUT2D eigenvalue weighted by Crippen LogP contribution is 2.19. The van der Waals surface area contributed by atoms with Gasteiger partial charge in [-0.2, -0.15) is 0 Å². The topological polar surface area (TPSA) is 128 Å². The monoisotopic (exact) mass is 288 g/mol. The Bertz CT molecular complexity index is 373. The fourth-order valence-electron chi connectivity index (χ4n) is 1.96. The Morgan fingerprint density at radius 3 is 2.65 bits per heavy atom. The van der Waals surface area contributed by atoms with E-state index in [9.17, 15) is 14.4 Å². The zero-order valence-corrected chi connectivity index (χ0v) is 11.3. The number of carboxylic acid groups (broad SMARTS) is 1. The van der Waals surface area contributed by atoms with E-state index < -0.39 is 30.0 Å². The average Bonchev–Trinajstić information content (AvgIpc) is 2.91. The van der Waals surface area contributed by atoms with E-state index in [0.29, 0.717) is 19.4 Å². The molecule has 1 heterocycles. The maximum absolute atomic E-state index is 11.9. The predicted octanol–water partition coefficient (Wildman–Crippen LogP) is -0.985. The Hall–Kier alpha value is -1.67. The Labute approximate surface area is 116 Å². The third kappa shape index (κ3) is 4.78. The summed E-state index contributed by atoms with van der Waals surface area (Å²) in [5.74, 6) is -2.21. The molecule has 114 valence electrons. The molecular formula is C12H20N2O6. The van der Waals surface area contributed by atoms with Crippen molar-refractivity contribution in [1.82, 2.24) is 5.32 Å². The minimum atomic E-state index is -1.20. The summed E-state index contributed by atoms with van der Waals surface area (Å²) in [5.41, 5.74) is 5.44. The molecule has 0 aromatic heterocycles. The summed E-state index contributed by atoms with van der Waals surface area (Å²) in [6.45, 7) is 0.328. The number of amides is 1. The molecule has 1 saturated heterocycles. The van der Waals surface area contributed by atoms with Crippen LogP contribution in [0.15, 0.2) is 0 Å². The molecule has 1 aliphatic rings. The number of methoxy groups -OCH3 is 1. The smallest absolute Gasteiger partial charge is 0.326 e. The lowest BCUT2D eigenvalue weighted by atomic mass is 10.1. The van der Waals surface area contributed by atoms with Crippen LogP contribution in [0.4, 0.5) is 0 Å². The van der Waals surface area contributed by atoms with Gasteiger partial charge in [-0.05, 0) is 19.3 Å². The number of ether oxygens (including phenoxy) is 2. The number of carbonyl (C=O) groups excluding carboxylic acids is 2. The van der Waals surface area contributed by atoms with E-state index in [1.54, 1.807) is 0 Å². The summed E-state index contributed by atoms with van der Waals surface area (Å²) < 4.78 is 9.81. The maximum Gasteiger partial charge on any atom is 0.326 e. The van der Waals surface area contributed by atoms with Crippen LogP contribution in [0.1, 0.15) is 25.7 Å². The molecular weight excluding hydrogens is 268 g/mol. The SMILES string of the molecule is COC(=O)CC[C@@H](NC(=O)C1CCC(CN)O1)C(=O)O. The molecule has 0 aromatic carbocycles. The molecule has 0 aliphatic carbocycles. The summed E-state index contributed by atoms with van der Waals surface area (Å²) in [5, 5.41) is 11.4. The molecule has 2 unspecified atom stereocenters. The van der Waals surface area contributed by atoms with Gasteiger partial charge in [-0.25, -0.2) is 4.79 Å². The molecule has 1 rings (SSSR count). The number of hydrogen-bond acceptors (Lipinski definition) is 6. The first-order valence-corrected chi connectivity index (χ1v) is 6.43. The molecule has 0 aromatic rings. The molecule has 4 N–H and O–H groups in total.